The van der Waals surface area contributed by atoms with Crippen LogP contribution in [-0.2, 0) is 13.1 Å². The predicted octanol–water partition coefficient (Wildman–Crippen LogP) is 1.89. The van der Waals surface area contributed by atoms with Gasteiger partial charge in [0.05, 0.1) is 6.20 Å². The smallest absolute Gasteiger partial charge is 0.244 e. The summed E-state index contributed by atoms with van der Waals surface area (Å²) in [5.74, 6) is 1.14. The fourth-order valence-corrected chi connectivity index (χ4v) is 1.84. The molecule has 0 bridgehead atoms. The molecule has 7 heteroatoms. The van der Waals surface area contributed by atoms with Crippen molar-refractivity contribution in [3.8, 4) is 0 Å². The number of pyridine rings is 2. The molecule has 0 aliphatic carbocycles. The summed E-state index contributed by atoms with van der Waals surface area (Å²) < 4.78 is 0. The van der Waals surface area contributed by atoms with Gasteiger partial charge in [-0.3, -0.25) is 9.97 Å². The van der Waals surface area contributed by atoms with Crippen LogP contribution >= 0.6 is 0 Å². The zero-order chi connectivity index (χ0) is 15.0. The summed E-state index contributed by atoms with van der Waals surface area (Å²) in [5.41, 5.74) is 2.18. The van der Waals surface area contributed by atoms with Crippen molar-refractivity contribution in [3.05, 3.63) is 66.4 Å². The first-order chi connectivity index (χ1) is 10.9. The molecule has 0 aliphatic heterocycles. The van der Waals surface area contributed by atoms with Crippen molar-refractivity contribution in [1.82, 2.24) is 25.1 Å². The number of nitrogens with zero attached hydrogens (tertiary/aromatic N) is 5. The Hall–Kier alpha value is -3.09. The van der Waals surface area contributed by atoms with Gasteiger partial charge in [-0.25, -0.2) is 0 Å². The average molecular weight is 293 g/mol. The summed E-state index contributed by atoms with van der Waals surface area (Å²) in [6.45, 7) is 1.26. The first-order valence-electron chi connectivity index (χ1n) is 6.85. The highest BCUT2D eigenvalue weighted by atomic mass is 15.3. The molecule has 3 aromatic heterocycles. The average Bonchev–Trinajstić information content (AvgIpc) is 2.60. The van der Waals surface area contributed by atoms with Gasteiger partial charge in [0.2, 0.25) is 5.95 Å². The van der Waals surface area contributed by atoms with E-state index in [1.54, 1.807) is 24.8 Å². The highest BCUT2D eigenvalue weighted by Crippen LogP contribution is 2.07. The molecule has 2 N–H and O–H groups in total. The summed E-state index contributed by atoms with van der Waals surface area (Å²) >= 11 is 0. The molecule has 3 aromatic rings. The van der Waals surface area contributed by atoms with Crippen molar-refractivity contribution in [3.63, 3.8) is 0 Å². The van der Waals surface area contributed by atoms with E-state index >= 15 is 0 Å². The van der Waals surface area contributed by atoms with E-state index in [-0.39, 0.29) is 0 Å². The van der Waals surface area contributed by atoms with E-state index in [4.69, 9.17) is 0 Å². The Bertz CT molecular complexity index is 645. The van der Waals surface area contributed by atoms with Gasteiger partial charge in [0.15, 0.2) is 5.82 Å². The minimum Gasteiger partial charge on any atom is -0.364 e. The molecule has 0 aliphatic rings. The van der Waals surface area contributed by atoms with Crippen molar-refractivity contribution in [1.29, 1.82) is 0 Å². The van der Waals surface area contributed by atoms with Crippen molar-refractivity contribution in [2.45, 2.75) is 13.1 Å². The third-order valence-corrected chi connectivity index (χ3v) is 2.96. The normalized spacial score (nSPS) is 10.2. The number of hydrogen-bond acceptors (Lipinski definition) is 7. The van der Waals surface area contributed by atoms with Crippen LogP contribution in [0.5, 0.6) is 0 Å². The maximum Gasteiger partial charge on any atom is 0.244 e. The van der Waals surface area contributed by atoms with Crippen molar-refractivity contribution in [2.24, 2.45) is 0 Å². The number of aromatic nitrogens is 5. The van der Waals surface area contributed by atoms with Crippen LogP contribution < -0.4 is 10.6 Å². The van der Waals surface area contributed by atoms with Crippen LogP contribution in [0.25, 0.3) is 0 Å². The standard InChI is InChI=1S/C15H15N7/c1-2-13(8-17-5-1)10-18-14-11-20-22-15(21-14)19-9-12-3-6-16-7-4-12/h1-8,11H,9-10H2,(H2,18,19,21,22). The summed E-state index contributed by atoms with van der Waals surface area (Å²) in [6, 6.07) is 7.77. The van der Waals surface area contributed by atoms with Crippen molar-refractivity contribution >= 4 is 11.8 Å². The Labute approximate surface area is 127 Å². The van der Waals surface area contributed by atoms with Gasteiger partial charge in [-0.05, 0) is 29.3 Å². The summed E-state index contributed by atoms with van der Waals surface area (Å²) in [7, 11) is 0. The Morgan fingerprint density at radius 1 is 0.818 bits per heavy atom. The van der Waals surface area contributed by atoms with Crippen LogP contribution in [0.3, 0.4) is 0 Å². The SMILES string of the molecule is c1cncc(CNc2cnnc(NCc3ccncc3)n2)c1. The van der Waals surface area contributed by atoms with Gasteiger partial charge >= 0.3 is 0 Å². The van der Waals surface area contributed by atoms with Crippen LogP contribution in [0, 0.1) is 0 Å². The quantitative estimate of drug-likeness (QED) is 0.717. The molecular weight excluding hydrogens is 278 g/mol. The van der Waals surface area contributed by atoms with E-state index in [1.165, 1.54) is 0 Å². The molecular formula is C15H15N7. The first kappa shape index (κ1) is 13.9. The minimum absolute atomic E-state index is 0.480. The molecule has 0 radical (unpaired) electrons. The lowest BCUT2D eigenvalue weighted by Crippen LogP contribution is -2.08. The Kier molecular flexibility index (Phi) is 4.46. The van der Waals surface area contributed by atoms with E-state index < -0.39 is 0 Å². The molecule has 0 amide bonds. The minimum atomic E-state index is 0.480. The second kappa shape index (κ2) is 7.07. The molecule has 3 heterocycles. The van der Waals surface area contributed by atoms with Gasteiger partial charge in [0.25, 0.3) is 0 Å². The Balaban J connectivity index is 1.58. The number of hydrogen-bond donors (Lipinski definition) is 2. The second-order valence-corrected chi connectivity index (χ2v) is 4.59. The lowest BCUT2D eigenvalue weighted by atomic mass is 10.3. The van der Waals surface area contributed by atoms with Gasteiger partial charge < -0.3 is 10.6 Å². The van der Waals surface area contributed by atoms with Gasteiger partial charge in [-0.15, -0.1) is 5.10 Å². The monoisotopic (exact) mass is 293 g/mol. The fourth-order valence-electron chi connectivity index (χ4n) is 1.84. The van der Waals surface area contributed by atoms with Crippen molar-refractivity contribution in [2.75, 3.05) is 10.6 Å². The molecule has 0 saturated heterocycles. The third kappa shape index (κ3) is 3.95. The van der Waals surface area contributed by atoms with Crippen molar-refractivity contribution < 1.29 is 0 Å². The van der Waals surface area contributed by atoms with Crippen LogP contribution in [0.4, 0.5) is 11.8 Å². The molecule has 110 valence electrons. The Morgan fingerprint density at radius 2 is 1.68 bits per heavy atom. The maximum absolute atomic E-state index is 4.37. The molecule has 22 heavy (non-hydrogen) atoms. The maximum atomic E-state index is 4.37. The predicted molar refractivity (Wildman–Crippen MR) is 83.0 cm³/mol. The van der Waals surface area contributed by atoms with Crippen LogP contribution in [0.15, 0.2) is 55.2 Å². The van der Waals surface area contributed by atoms with E-state index in [0.29, 0.717) is 24.9 Å². The van der Waals surface area contributed by atoms with E-state index in [0.717, 1.165) is 11.1 Å². The Morgan fingerprint density at radius 3 is 2.50 bits per heavy atom. The highest BCUT2D eigenvalue weighted by molar-refractivity contribution is 5.38. The summed E-state index contributed by atoms with van der Waals surface area (Å²) in [4.78, 5) is 12.4. The van der Waals surface area contributed by atoms with Crippen LogP contribution in [0.2, 0.25) is 0 Å². The molecule has 0 fully saturated rings. The second-order valence-electron chi connectivity index (χ2n) is 4.59. The van der Waals surface area contributed by atoms with Gasteiger partial charge in [0, 0.05) is 37.9 Å². The number of nitrogens with one attached hydrogen (secondary N) is 2. The van der Waals surface area contributed by atoms with Gasteiger partial charge in [0.1, 0.15) is 0 Å². The van der Waals surface area contributed by atoms with Crippen LogP contribution in [0.1, 0.15) is 11.1 Å². The zero-order valence-electron chi connectivity index (χ0n) is 11.8. The molecule has 0 aromatic carbocycles. The molecule has 0 spiro atoms. The van der Waals surface area contributed by atoms with E-state index in [2.05, 4.69) is 35.8 Å². The van der Waals surface area contributed by atoms with Gasteiger partial charge in [-0.1, -0.05) is 6.07 Å². The largest absolute Gasteiger partial charge is 0.364 e. The lowest BCUT2D eigenvalue weighted by molar-refractivity contribution is 0.935. The molecule has 0 saturated carbocycles. The third-order valence-electron chi connectivity index (χ3n) is 2.96. The molecule has 7 nitrogen and oxygen atoms in total. The summed E-state index contributed by atoms with van der Waals surface area (Å²) in [6.07, 6.45) is 8.65. The highest BCUT2D eigenvalue weighted by Gasteiger charge is 2.01. The molecule has 0 unspecified atom stereocenters. The first-order valence-corrected chi connectivity index (χ1v) is 6.85. The van der Waals surface area contributed by atoms with E-state index in [9.17, 15) is 0 Å². The zero-order valence-corrected chi connectivity index (χ0v) is 11.8. The summed E-state index contributed by atoms with van der Waals surface area (Å²) in [5, 5.41) is 14.2. The number of rotatable bonds is 6. The molecule has 0 atom stereocenters. The van der Waals surface area contributed by atoms with E-state index in [1.807, 2.05) is 30.5 Å². The lowest BCUT2D eigenvalue weighted by Gasteiger charge is -2.07. The topological polar surface area (TPSA) is 88.5 Å². The van der Waals surface area contributed by atoms with Crippen LogP contribution in [-0.4, -0.2) is 25.1 Å². The van der Waals surface area contributed by atoms with Gasteiger partial charge in [-0.2, -0.15) is 10.1 Å². The molecule has 3 rings (SSSR count). The fraction of sp³-hybridized carbons (Fsp3) is 0.133. The number of anilines is 2.